The molecule has 4 nitrogen and oxygen atoms in total. The molecule has 0 rings (SSSR count). The lowest BCUT2D eigenvalue weighted by Crippen LogP contribution is -2.06. The van der Waals surface area contributed by atoms with E-state index in [0.717, 1.165) is 0 Å². The molecule has 0 saturated carbocycles. The van der Waals surface area contributed by atoms with Crippen molar-refractivity contribution >= 4 is 5.97 Å². The molecule has 0 unspecified atom stereocenters. The molecule has 0 radical (unpaired) electrons. The second-order valence-electron chi connectivity index (χ2n) is 1.64. The van der Waals surface area contributed by atoms with Crippen LogP contribution in [0.1, 0.15) is 6.42 Å². The third-order valence-corrected chi connectivity index (χ3v) is 0.879. The van der Waals surface area contributed by atoms with Gasteiger partial charge in [-0.3, -0.25) is 4.79 Å². The summed E-state index contributed by atoms with van der Waals surface area (Å²) >= 11 is 0. The molecule has 0 aliphatic carbocycles. The summed E-state index contributed by atoms with van der Waals surface area (Å²) in [5, 5.41) is 0. The maximum absolute atomic E-state index is 10.4. The summed E-state index contributed by atoms with van der Waals surface area (Å²) in [5.74, 6) is -0.267. The van der Waals surface area contributed by atoms with Crippen molar-refractivity contribution in [2.75, 3.05) is 27.6 Å². The first-order chi connectivity index (χ1) is 4.81. The van der Waals surface area contributed by atoms with Crippen molar-refractivity contribution < 1.29 is 19.0 Å². The van der Waals surface area contributed by atoms with Crippen molar-refractivity contribution in [3.63, 3.8) is 0 Å². The third kappa shape index (κ3) is 5.53. The van der Waals surface area contributed by atoms with Crippen LogP contribution >= 0.6 is 0 Å². The summed E-state index contributed by atoms with van der Waals surface area (Å²) in [5.41, 5.74) is 0. The first kappa shape index (κ1) is 9.39. The molecule has 0 spiro atoms. The topological polar surface area (TPSA) is 44.8 Å². The summed E-state index contributed by atoms with van der Waals surface area (Å²) in [4.78, 5) is 10.4. The molecule has 0 heterocycles. The predicted octanol–water partition coefficient (Wildman–Crippen LogP) is 0.170. The van der Waals surface area contributed by atoms with Crippen LogP contribution in [0.5, 0.6) is 0 Å². The Morgan fingerprint density at radius 3 is 2.60 bits per heavy atom. The van der Waals surface area contributed by atoms with Crippen LogP contribution in [0.15, 0.2) is 0 Å². The normalized spacial score (nSPS) is 9.40. The highest BCUT2D eigenvalue weighted by atomic mass is 16.7. The van der Waals surface area contributed by atoms with Crippen molar-refractivity contribution in [1.29, 1.82) is 0 Å². The molecule has 0 fully saturated rings. The third-order valence-electron chi connectivity index (χ3n) is 0.879. The van der Waals surface area contributed by atoms with E-state index < -0.39 is 0 Å². The highest BCUT2D eigenvalue weighted by Crippen LogP contribution is 1.85. The molecule has 0 aliphatic heterocycles. The summed E-state index contributed by atoms with van der Waals surface area (Å²) in [6, 6.07) is 0. The van der Waals surface area contributed by atoms with Crippen LogP contribution in [0.4, 0.5) is 0 Å². The fourth-order valence-corrected chi connectivity index (χ4v) is 0.400. The van der Waals surface area contributed by atoms with Crippen LogP contribution in [0.25, 0.3) is 0 Å². The lowest BCUT2D eigenvalue weighted by atomic mass is 10.5. The zero-order chi connectivity index (χ0) is 7.82. The van der Waals surface area contributed by atoms with Crippen LogP contribution in [0, 0.1) is 0 Å². The van der Waals surface area contributed by atoms with Gasteiger partial charge in [-0.1, -0.05) is 0 Å². The highest BCUT2D eigenvalue weighted by molar-refractivity contribution is 5.69. The molecule has 10 heavy (non-hydrogen) atoms. The standard InChI is InChI=1S/C6H12O4/c1-8-5-10-4-3-6(7)9-2/h3-5H2,1-2H3. The van der Waals surface area contributed by atoms with Gasteiger partial charge in [0, 0.05) is 7.11 Å². The van der Waals surface area contributed by atoms with Gasteiger partial charge in [-0.2, -0.15) is 0 Å². The van der Waals surface area contributed by atoms with Gasteiger partial charge in [-0.25, -0.2) is 0 Å². The molecule has 0 aliphatic rings. The van der Waals surface area contributed by atoms with Gasteiger partial charge >= 0.3 is 5.97 Å². The van der Waals surface area contributed by atoms with E-state index >= 15 is 0 Å². The quantitative estimate of drug-likeness (QED) is 0.317. The summed E-state index contributed by atoms with van der Waals surface area (Å²) < 4.78 is 13.8. The van der Waals surface area contributed by atoms with Crippen molar-refractivity contribution in [3.05, 3.63) is 0 Å². The Balaban J connectivity index is 2.96. The predicted molar refractivity (Wildman–Crippen MR) is 34.5 cm³/mol. The molecule has 0 N–H and O–H groups in total. The molecule has 0 aromatic heterocycles. The molecule has 0 bridgehead atoms. The Morgan fingerprint density at radius 2 is 2.10 bits per heavy atom. The number of hydrogen-bond donors (Lipinski definition) is 0. The van der Waals surface area contributed by atoms with E-state index in [1.807, 2.05) is 0 Å². The summed E-state index contributed by atoms with van der Waals surface area (Å²) in [7, 11) is 2.87. The molecule has 0 saturated heterocycles. The van der Waals surface area contributed by atoms with E-state index in [9.17, 15) is 4.79 Å². The van der Waals surface area contributed by atoms with Gasteiger partial charge in [0.15, 0.2) is 0 Å². The van der Waals surface area contributed by atoms with Crippen LogP contribution in [0.3, 0.4) is 0 Å². The number of methoxy groups -OCH3 is 2. The zero-order valence-corrected chi connectivity index (χ0v) is 6.25. The second kappa shape index (κ2) is 6.51. The Kier molecular flexibility index (Phi) is 6.11. The number of carbonyl (C=O) groups excluding carboxylic acids is 1. The van der Waals surface area contributed by atoms with Crippen molar-refractivity contribution in [2.24, 2.45) is 0 Å². The average Bonchev–Trinajstić information content (AvgIpc) is 1.98. The number of rotatable bonds is 5. The highest BCUT2D eigenvalue weighted by Gasteiger charge is 1.97. The van der Waals surface area contributed by atoms with Gasteiger partial charge in [-0.05, 0) is 0 Å². The van der Waals surface area contributed by atoms with E-state index in [-0.39, 0.29) is 19.2 Å². The number of hydrogen-bond acceptors (Lipinski definition) is 4. The average molecular weight is 148 g/mol. The first-order valence-corrected chi connectivity index (χ1v) is 2.94. The van der Waals surface area contributed by atoms with E-state index in [2.05, 4.69) is 9.47 Å². The number of carbonyl (C=O) groups is 1. The lowest BCUT2D eigenvalue weighted by Gasteiger charge is -2.00. The first-order valence-electron chi connectivity index (χ1n) is 2.94. The number of ether oxygens (including phenoxy) is 3. The molecular formula is C6H12O4. The van der Waals surface area contributed by atoms with E-state index in [1.165, 1.54) is 14.2 Å². The molecular weight excluding hydrogens is 136 g/mol. The fourth-order valence-electron chi connectivity index (χ4n) is 0.400. The Labute approximate surface area is 60.1 Å². The molecule has 0 amide bonds. The van der Waals surface area contributed by atoms with Gasteiger partial charge in [-0.15, -0.1) is 0 Å². The van der Waals surface area contributed by atoms with Gasteiger partial charge in [0.25, 0.3) is 0 Å². The van der Waals surface area contributed by atoms with Crippen molar-refractivity contribution in [2.45, 2.75) is 6.42 Å². The van der Waals surface area contributed by atoms with Crippen molar-refractivity contribution in [1.82, 2.24) is 0 Å². The summed E-state index contributed by atoms with van der Waals surface area (Å²) in [6.07, 6.45) is 0.278. The Bertz CT molecular complexity index is 91.7. The SMILES string of the molecule is COCOCCC(=O)OC. The minimum atomic E-state index is -0.267. The molecule has 0 atom stereocenters. The van der Waals surface area contributed by atoms with Gasteiger partial charge in [0.1, 0.15) is 6.79 Å². The Morgan fingerprint density at radius 1 is 1.40 bits per heavy atom. The maximum atomic E-state index is 10.4. The largest absolute Gasteiger partial charge is 0.469 e. The van der Waals surface area contributed by atoms with Gasteiger partial charge in [0.2, 0.25) is 0 Å². The molecule has 0 aromatic carbocycles. The molecule has 60 valence electrons. The minimum absolute atomic E-state index is 0.219. The van der Waals surface area contributed by atoms with E-state index in [4.69, 9.17) is 4.74 Å². The van der Waals surface area contributed by atoms with Crippen LogP contribution in [-0.4, -0.2) is 33.6 Å². The lowest BCUT2D eigenvalue weighted by molar-refractivity contribution is -0.142. The maximum Gasteiger partial charge on any atom is 0.307 e. The van der Waals surface area contributed by atoms with Crippen LogP contribution in [-0.2, 0) is 19.0 Å². The molecule has 0 aromatic rings. The monoisotopic (exact) mass is 148 g/mol. The number of esters is 1. The second-order valence-corrected chi connectivity index (χ2v) is 1.64. The van der Waals surface area contributed by atoms with Crippen LogP contribution < -0.4 is 0 Å². The van der Waals surface area contributed by atoms with E-state index in [1.54, 1.807) is 0 Å². The zero-order valence-electron chi connectivity index (χ0n) is 6.25. The van der Waals surface area contributed by atoms with Crippen LogP contribution in [0.2, 0.25) is 0 Å². The van der Waals surface area contributed by atoms with Crippen molar-refractivity contribution in [3.8, 4) is 0 Å². The summed E-state index contributed by atoms with van der Waals surface area (Å²) in [6.45, 7) is 0.567. The van der Waals surface area contributed by atoms with E-state index in [0.29, 0.717) is 6.61 Å². The fraction of sp³-hybridized carbons (Fsp3) is 0.833. The van der Waals surface area contributed by atoms with Gasteiger partial charge in [0.05, 0.1) is 20.1 Å². The van der Waals surface area contributed by atoms with Gasteiger partial charge < -0.3 is 14.2 Å². The minimum Gasteiger partial charge on any atom is -0.469 e. The Hall–Kier alpha value is -0.610. The molecule has 4 heteroatoms. The smallest absolute Gasteiger partial charge is 0.307 e.